The quantitative estimate of drug-likeness (QED) is 0.860. The van der Waals surface area contributed by atoms with E-state index in [1.54, 1.807) is 4.68 Å². The van der Waals surface area contributed by atoms with Crippen LogP contribution in [0.5, 0.6) is 0 Å². The highest BCUT2D eigenvalue weighted by Gasteiger charge is 2.23. The van der Waals surface area contributed by atoms with Gasteiger partial charge in [0, 0.05) is 25.3 Å². The summed E-state index contributed by atoms with van der Waals surface area (Å²) in [6.45, 7) is 5.19. The van der Waals surface area contributed by atoms with Crippen LogP contribution in [0.2, 0.25) is 0 Å². The molecule has 0 aromatic carbocycles. The van der Waals surface area contributed by atoms with Crippen LogP contribution in [0.4, 0.5) is 0 Å². The van der Waals surface area contributed by atoms with Gasteiger partial charge in [0.25, 0.3) is 5.91 Å². The predicted molar refractivity (Wildman–Crippen MR) is 79.8 cm³/mol. The lowest BCUT2D eigenvalue weighted by Gasteiger charge is -2.29. The van der Waals surface area contributed by atoms with E-state index in [4.69, 9.17) is 0 Å². The molecule has 2 N–H and O–H groups in total. The third kappa shape index (κ3) is 3.60. The van der Waals surface area contributed by atoms with Gasteiger partial charge in [0.1, 0.15) is 0 Å². The zero-order valence-corrected chi connectivity index (χ0v) is 12.8. The minimum absolute atomic E-state index is 0.0295. The Labute approximate surface area is 121 Å². The molecule has 0 saturated heterocycles. The molecule has 0 aliphatic heterocycles. The lowest BCUT2D eigenvalue weighted by Crippen LogP contribution is -2.42. The van der Waals surface area contributed by atoms with Crippen LogP contribution in [0.15, 0.2) is 6.20 Å². The smallest absolute Gasteiger partial charge is 0.254 e. The second-order valence-corrected chi connectivity index (χ2v) is 5.60. The number of carbonyl (C=O) groups excluding carboxylic acids is 1. The Kier molecular flexibility index (Phi) is 5.17. The fourth-order valence-corrected chi connectivity index (χ4v) is 2.98. The van der Waals surface area contributed by atoms with E-state index in [2.05, 4.69) is 22.7 Å². The largest absolute Gasteiger partial charge is 0.349 e. The monoisotopic (exact) mass is 278 g/mol. The van der Waals surface area contributed by atoms with Crippen LogP contribution < -0.4 is 10.6 Å². The average Bonchev–Trinajstić information content (AvgIpc) is 2.82. The van der Waals surface area contributed by atoms with Crippen LogP contribution in [0, 0.1) is 0 Å². The molecule has 1 aliphatic rings. The van der Waals surface area contributed by atoms with Crippen LogP contribution in [-0.2, 0) is 13.5 Å². The van der Waals surface area contributed by atoms with Crippen molar-refractivity contribution in [3.05, 3.63) is 17.5 Å². The summed E-state index contributed by atoms with van der Waals surface area (Å²) in [5, 5.41) is 11.0. The van der Waals surface area contributed by atoms with Gasteiger partial charge in [-0.05, 0) is 38.6 Å². The summed E-state index contributed by atoms with van der Waals surface area (Å²) >= 11 is 0. The minimum Gasteiger partial charge on any atom is -0.349 e. The molecular weight excluding hydrogens is 252 g/mol. The van der Waals surface area contributed by atoms with Crippen LogP contribution in [0.25, 0.3) is 0 Å². The molecule has 1 aromatic heterocycles. The van der Waals surface area contributed by atoms with Crippen molar-refractivity contribution in [1.82, 2.24) is 20.4 Å². The first-order valence-corrected chi connectivity index (χ1v) is 7.70. The van der Waals surface area contributed by atoms with Crippen molar-refractivity contribution in [2.24, 2.45) is 7.05 Å². The summed E-state index contributed by atoms with van der Waals surface area (Å²) in [7, 11) is 1.86. The number of amides is 1. The molecule has 1 fully saturated rings. The first-order chi connectivity index (χ1) is 9.63. The Morgan fingerprint density at radius 2 is 1.95 bits per heavy atom. The van der Waals surface area contributed by atoms with E-state index in [-0.39, 0.29) is 5.91 Å². The van der Waals surface area contributed by atoms with Crippen molar-refractivity contribution >= 4 is 5.91 Å². The number of aromatic nitrogens is 2. The van der Waals surface area contributed by atoms with Crippen LogP contribution in [0.3, 0.4) is 0 Å². The summed E-state index contributed by atoms with van der Waals surface area (Å²) in [6.07, 6.45) is 7.02. The normalized spacial score (nSPS) is 22.8. The molecular formula is C15H26N4O. The SMILES string of the molecule is CCNC1CCC(NC(=O)c2cn(C)nc2CC)CC1. The Bertz CT molecular complexity index is 447. The molecule has 1 aliphatic carbocycles. The topological polar surface area (TPSA) is 58.9 Å². The van der Waals surface area contributed by atoms with Crippen molar-refractivity contribution in [2.45, 2.75) is 58.0 Å². The van der Waals surface area contributed by atoms with E-state index >= 15 is 0 Å². The Morgan fingerprint density at radius 3 is 2.55 bits per heavy atom. The molecule has 1 saturated carbocycles. The van der Waals surface area contributed by atoms with E-state index in [1.165, 1.54) is 0 Å². The van der Waals surface area contributed by atoms with Crippen LogP contribution >= 0.6 is 0 Å². The second-order valence-electron chi connectivity index (χ2n) is 5.60. The Morgan fingerprint density at radius 1 is 1.30 bits per heavy atom. The van der Waals surface area contributed by atoms with Crippen molar-refractivity contribution in [2.75, 3.05) is 6.54 Å². The van der Waals surface area contributed by atoms with Crippen molar-refractivity contribution in [3.63, 3.8) is 0 Å². The summed E-state index contributed by atoms with van der Waals surface area (Å²) in [5.41, 5.74) is 1.61. The fraction of sp³-hybridized carbons (Fsp3) is 0.733. The minimum atomic E-state index is 0.0295. The average molecular weight is 278 g/mol. The molecule has 0 atom stereocenters. The molecule has 5 heteroatoms. The zero-order chi connectivity index (χ0) is 14.5. The third-order valence-electron chi connectivity index (χ3n) is 4.04. The third-order valence-corrected chi connectivity index (χ3v) is 4.04. The van der Waals surface area contributed by atoms with Gasteiger partial charge in [-0.3, -0.25) is 9.48 Å². The Hall–Kier alpha value is -1.36. The van der Waals surface area contributed by atoms with Crippen LogP contribution in [-0.4, -0.2) is 34.3 Å². The van der Waals surface area contributed by atoms with Crippen LogP contribution in [0.1, 0.15) is 55.6 Å². The van der Waals surface area contributed by atoms with Gasteiger partial charge in [-0.15, -0.1) is 0 Å². The molecule has 0 spiro atoms. The van der Waals surface area contributed by atoms with Gasteiger partial charge in [0.2, 0.25) is 0 Å². The van der Waals surface area contributed by atoms with E-state index < -0.39 is 0 Å². The Balaban J connectivity index is 1.89. The number of hydrogen-bond acceptors (Lipinski definition) is 3. The molecule has 0 bridgehead atoms. The van der Waals surface area contributed by atoms with E-state index in [1.807, 2.05) is 20.2 Å². The molecule has 2 rings (SSSR count). The van der Waals surface area contributed by atoms with Gasteiger partial charge >= 0.3 is 0 Å². The number of hydrogen-bond donors (Lipinski definition) is 2. The lowest BCUT2D eigenvalue weighted by atomic mass is 9.91. The summed E-state index contributed by atoms with van der Waals surface area (Å²) in [6, 6.07) is 0.931. The highest BCUT2D eigenvalue weighted by molar-refractivity contribution is 5.95. The van der Waals surface area contributed by atoms with Gasteiger partial charge in [0.15, 0.2) is 0 Å². The number of nitrogens with one attached hydrogen (secondary N) is 2. The molecule has 1 aromatic rings. The van der Waals surface area contributed by atoms with Crippen molar-refractivity contribution in [1.29, 1.82) is 0 Å². The van der Waals surface area contributed by atoms with Gasteiger partial charge in [-0.2, -0.15) is 5.10 Å². The van der Waals surface area contributed by atoms with E-state index in [0.29, 0.717) is 12.1 Å². The molecule has 0 radical (unpaired) electrons. The molecule has 1 heterocycles. The first kappa shape index (κ1) is 15.0. The predicted octanol–water partition coefficient (Wildman–Crippen LogP) is 1.63. The molecule has 1 amide bonds. The van der Waals surface area contributed by atoms with E-state index in [0.717, 1.165) is 49.9 Å². The van der Waals surface area contributed by atoms with Crippen molar-refractivity contribution in [3.8, 4) is 0 Å². The molecule has 5 nitrogen and oxygen atoms in total. The highest BCUT2D eigenvalue weighted by atomic mass is 16.1. The standard InChI is InChI=1S/C15H26N4O/c1-4-14-13(10-19(3)18-14)15(20)17-12-8-6-11(7-9-12)16-5-2/h10-12,16H,4-9H2,1-3H3,(H,17,20). The lowest BCUT2D eigenvalue weighted by molar-refractivity contribution is 0.0923. The summed E-state index contributed by atoms with van der Waals surface area (Å²) in [5.74, 6) is 0.0295. The number of carbonyl (C=O) groups is 1. The number of aryl methyl sites for hydroxylation is 2. The second kappa shape index (κ2) is 6.88. The van der Waals surface area contributed by atoms with Gasteiger partial charge in [-0.1, -0.05) is 13.8 Å². The van der Waals surface area contributed by atoms with Gasteiger partial charge < -0.3 is 10.6 Å². The van der Waals surface area contributed by atoms with Gasteiger partial charge in [0.05, 0.1) is 11.3 Å². The highest BCUT2D eigenvalue weighted by Crippen LogP contribution is 2.19. The first-order valence-electron chi connectivity index (χ1n) is 7.70. The maximum atomic E-state index is 12.3. The number of rotatable bonds is 5. The molecule has 20 heavy (non-hydrogen) atoms. The maximum Gasteiger partial charge on any atom is 0.254 e. The van der Waals surface area contributed by atoms with E-state index in [9.17, 15) is 4.79 Å². The maximum absolute atomic E-state index is 12.3. The van der Waals surface area contributed by atoms with Gasteiger partial charge in [-0.25, -0.2) is 0 Å². The summed E-state index contributed by atoms with van der Waals surface area (Å²) < 4.78 is 1.72. The zero-order valence-electron chi connectivity index (χ0n) is 12.8. The fourth-order valence-electron chi connectivity index (χ4n) is 2.98. The molecule has 0 unspecified atom stereocenters. The summed E-state index contributed by atoms with van der Waals surface area (Å²) in [4.78, 5) is 12.3. The molecule has 112 valence electrons. The van der Waals surface area contributed by atoms with Crippen molar-refractivity contribution < 1.29 is 4.79 Å². The number of nitrogens with zero attached hydrogens (tertiary/aromatic N) is 2.